The van der Waals surface area contributed by atoms with Crippen LogP contribution >= 0.6 is 0 Å². The second-order valence-electron chi connectivity index (χ2n) is 4.67. The number of rotatable bonds is 2. The van der Waals surface area contributed by atoms with Gasteiger partial charge in [-0.05, 0) is 31.9 Å². The Morgan fingerprint density at radius 3 is 2.78 bits per heavy atom. The summed E-state index contributed by atoms with van der Waals surface area (Å²) in [6.45, 7) is 3.34. The van der Waals surface area contributed by atoms with Crippen LogP contribution in [-0.2, 0) is 4.74 Å². The average molecular weight is 245 g/mol. The van der Waals surface area contributed by atoms with Crippen LogP contribution in [0.25, 0.3) is 0 Å². The predicted molar refractivity (Wildman–Crippen MR) is 64.9 cm³/mol. The number of nitrogens with one attached hydrogen (secondary N) is 1. The topological polar surface area (TPSA) is 75.0 Å². The fourth-order valence-electron chi connectivity index (χ4n) is 1.88. The third-order valence-corrected chi connectivity index (χ3v) is 3.14. The second-order valence-corrected chi connectivity index (χ2v) is 4.67. The predicted octanol–water partition coefficient (Wildman–Crippen LogP) is 1.25. The maximum Gasteiger partial charge on any atom is 0.270 e. The molecule has 2 heterocycles. The van der Waals surface area contributed by atoms with Gasteiger partial charge in [-0.2, -0.15) is 5.26 Å². The molecule has 0 atom stereocenters. The molecule has 1 aliphatic heterocycles. The number of carbonyl (C=O) groups excluding carboxylic acids is 1. The first-order chi connectivity index (χ1) is 8.63. The minimum atomic E-state index is -0.231. The zero-order valence-corrected chi connectivity index (χ0v) is 10.3. The van der Waals surface area contributed by atoms with Crippen LogP contribution in [0.15, 0.2) is 18.3 Å². The lowest BCUT2D eigenvalue weighted by molar-refractivity contribution is 0.0421. The lowest BCUT2D eigenvalue weighted by atomic mass is 9.92. The van der Waals surface area contributed by atoms with E-state index >= 15 is 0 Å². The molecular formula is C13H15N3O2. The Hall–Kier alpha value is -1.93. The van der Waals surface area contributed by atoms with E-state index in [1.807, 2.05) is 13.0 Å². The zero-order chi connectivity index (χ0) is 13.0. The molecule has 1 amide bonds. The van der Waals surface area contributed by atoms with Crippen LogP contribution in [0, 0.1) is 11.3 Å². The van der Waals surface area contributed by atoms with Gasteiger partial charge in [-0.15, -0.1) is 0 Å². The van der Waals surface area contributed by atoms with Crippen molar-refractivity contribution < 1.29 is 9.53 Å². The van der Waals surface area contributed by atoms with Crippen LogP contribution in [0.3, 0.4) is 0 Å². The molecule has 0 saturated carbocycles. The molecule has 1 saturated heterocycles. The molecule has 0 aromatic carbocycles. The highest BCUT2D eigenvalue weighted by molar-refractivity contribution is 5.92. The molecule has 0 bridgehead atoms. The van der Waals surface area contributed by atoms with E-state index in [0.717, 1.165) is 12.8 Å². The molecule has 1 aromatic heterocycles. The quantitative estimate of drug-likeness (QED) is 0.851. The summed E-state index contributed by atoms with van der Waals surface area (Å²) in [6, 6.07) is 5.13. The largest absolute Gasteiger partial charge is 0.381 e. The number of hydrogen-bond donors (Lipinski definition) is 1. The number of amides is 1. The van der Waals surface area contributed by atoms with Crippen LogP contribution in [0.1, 0.15) is 35.8 Å². The Bertz CT molecular complexity index is 470. The van der Waals surface area contributed by atoms with Gasteiger partial charge in [0, 0.05) is 24.9 Å². The molecule has 18 heavy (non-hydrogen) atoms. The highest BCUT2D eigenvalue weighted by atomic mass is 16.5. The smallest absolute Gasteiger partial charge is 0.270 e. The fraction of sp³-hybridized carbons (Fsp3) is 0.462. The summed E-state index contributed by atoms with van der Waals surface area (Å²) in [6.07, 6.45) is 3.01. The van der Waals surface area contributed by atoms with Gasteiger partial charge in [0.2, 0.25) is 0 Å². The molecule has 0 spiro atoms. The molecule has 94 valence electrons. The van der Waals surface area contributed by atoms with Crippen LogP contribution < -0.4 is 5.32 Å². The van der Waals surface area contributed by atoms with Gasteiger partial charge in [0.15, 0.2) is 0 Å². The fourth-order valence-corrected chi connectivity index (χ4v) is 1.88. The summed E-state index contributed by atoms with van der Waals surface area (Å²) >= 11 is 0. The average Bonchev–Trinajstić information content (AvgIpc) is 2.39. The van der Waals surface area contributed by atoms with Crippen molar-refractivity contribution in [3.8, 4) is 6.07 Å². The number of nitriles is 1. The van der Waals surface area contributed by atoms with Gasteiger partial charge in [-0.25, -0.2) is 4.98 Å². The van der Waals surface area contributed by atoms with Crippen molar-refractivity contribution in [2.75, 3.05) is 13.2 Å². The first-order valence-electron chi connectivity index (χ1n) is 5.89. The van der Waals surface area contributed by atoms with E-state index in [0.29, 0.717) is 24.5 Å². The van der Waals surface area contributed by atoms with Gasteiger partial charge >= 0.3 is 0 Å². The molecule has 1 aliphatic rings. The Morgan fingerprint density at radius 2 is 2.22 bits per heavy atom. The van der Waals surface area contributed by atoms with E-state index in [1.54, 1.807) is 12.1 Å². The molecule has 5 heteroatoms. The van der Waals surface area contributed by atoms with Crippen molar-refractivity contribution in [2.45, 2.75) is 25.3 Å². The zero-order valence-electron chi connectivity index (χ0n) is 10.3. The Balaban J connectivity index is 2.04. The van der Waals surface area contributed by atoms with Crippen molar-refractivity contribution in [1.29, 1.82) is 5.26 Å². The van der Waals surface area contributed by atoms with Crippen LogP contribution in [0.4, 0.5) is 0 Å². The summed E-state index contributed by atoms with van der Waals surface area (Å²) in [5.41, 5.74) is 0.552. The summed E-state index contributed by atoms with van der Waals surface area (Å²) in [5.74, 6) is -0.205. The third-order valence-electron chi connectivity index (χ3n) is 3.14. The number of nitrogens with zero attached hydrogens (tertiary/aromatic N) is 2. The maximum atomic E-state index is 12.0. The van der Waals surface area contributed by atoms with E-state index in [-0.39, 0.29) is 11.4 Å². The normalized spacial score (nSPS) is 17.8. The van der Waals surface area contributed by atoms with Gasteiger partial charge in [-0.3, -0.25) is 4.79 Å². The molecule has 0 aliphatic carbocycles. The van der Waals surface area contributed by atoms with Crippen molar-refractivity contribution >= 4 is 5.91 Å². The molecule has 0 unspecified atom stereocenters. The first-order valence-corrected chi connectivity index (χ1v) is 5.89. The number of aromatic nitrogens is 1. The van der Waals surface area contributed by atoms with E-state index in [2.05, 4.69) is 10.3 Å². The van der Waals surface area contributed by atoms with Gasteiger partial charge in [0.1, 0.15) is 11.8 Å². The molecule has 1 fully saturated rings. The standard InChI is InChI=1S/C13H15N3O2/c1-13(4-6-18-7-5-13)16-12(17)11-3-2-10(8-14)9-15-11/h2-3,9H,4-7H2,1H3,(H,16,17). The van der Waals surface area contributed by atoms with Gasteiger partial charge in [-0.1, -0.05) is 0 Å². The monoisotopic (exact) mass is 245 g/mol. The molecule has 1 N–H and O–H groups in total. The molecular weight excluding hydrogens is 230 g/mol. The van der Waals surface area contributed by atoms with Gasteiger partial charge in [0.05, 0.1) is 5.56 Å². The summed E-state index contributed by atoms with van der Waals surface area (Å²) in [4.78, 5) is 16.0. The first kappa shape index (κ1) is 12.5. The van der Waals surface area contributed by atoms with Crippen molar-refractivity contribution in [2.24, 2.45) is 0 Å². The maximum absolute atomic E-state index is 12.0. The molecule has 2 rings (SSSR count). The minimum absolute atomic E-state index is 0.205. The lowest BCUT2D eigenvalue weighted by Crippen LogP contribution is -2.49. The van der Waals surface area contributed by atoms with E-state index in [4.69, 9.17) is 10.00 Å². The minimum Gasteiger partial charge on any atom is -0.381 e. The van der Waals surface area contributed by atoms with E-state index < -0.39 is 0 Å². The van der Waals surface area contributed by atoms with E-state index in [1.165, 1.54) is 6.20 Å². The summed E-state index contributed by atoms with van der Waals surface area (Å²) in [7, 11) is 0. The number of ether oxygens (including phenoxy) is 1. The lowest BCUT2D eigenvalue weighted by Gasteiger charge is -2.34. The van der Waals surface area contributed by atoms with Gasteiger partial charge < -0.3 is 10.1 Å². The molecule has 0 radical (unpaired) electrons. The highest BCUT2D eigenvalue weighted by Crippen LogP contribution is 2.20. The number of hydrogen-bond acceptors (Lipinski definition) is 4. The second kappa shape index (κ2) is 5.15. The Morgan fingerprint density at radius 1 is 1.50 bits per heavy atom. The molecule has 5 nitrogen and oxygen atoms in total. The van der Waals surface area contributed by atoms with Crippen LogP contribution in [0.2, 0.25) is 0 Å². The van der Waals surface area contributed by atoms with E-state index in [9.17, 15) is 4.79 Å². The number of pyridine rings is 1. The van der Waals surface area contributed by atoms with Crippen LogP contribution in [-0.4, -0.2) is 29.6 Å². The SMILES string of the molecule is CC1(NC(=O)c2ccc(C#N)cn2)CCOCC1. The Kier molecular flexibility index (Phi) is 3.58. The third kappa shape index (κ3) is 2.84. The Labute approximate surface area is 106 Å². The van der Waals surface area contributed by atoms with Crippen molar-refractivity contribution in [3.63, 3.8) is 0 Å². The summed E-state index contributed by atoms with van der Waals surface area (Å²) < 4.78 is 5.28. The van der Waals surface area contributed by atoms with Crippen LogP contribution in [0.5, 0.6) is 0 Å². The van der Waals surface area contributed by atoms with Crippen molar-refractivity contribution in [1.82, 2.24) is 10.3 Å². The van der Waals surface area contributed by atoms with Crippen molar-refractivity contribution in [3.05, 3.63) is 29.6 Å². The van der Waals surface area contributed by atoms with Gasteiger partial charge in [0.25, 0.3) is 5.91 Å². The highest BCUT2D eigenvalue weighted by Gasteiger charge is 2.29. The summed E-state index contributed by atoms with van der Waals surface area (Å²) in [5, 5.41) is 11.6. The molecule has 1 aromatic rings. The number of carbonyl (C=O) groups is 1.